The quantitative estimate of drug-likeness (QED) is 0.302. The zero-order valence-corrected chi connectivity index (χ0v) is 20.2. The Kier molecular flexibility index (Phi) is 11.3. The number of nitrogens with one attached hydrogen (secondary N) is 2. The molecule has 0 saturated heterocycles. The molecule has 0 aliphatic rings. The Morgan fingerprint density at radius 1 is 0.931 bits per heavy atom. The van der Waals surface area contributed by atoms with Gasteiger partial charge in [0, 0.05) is 20.1 Å². The van der Waals surface area contributed by atoms with Crippen molar-refractivity contribution in [2.24, 2.45) is 4.99 Å². The zero-order valence-electron chi connectivity index (χ0n) is 17.8. The molecule has 2 aromatic rings. The van der Waals surface area contributed by atoms with Crippen LogP contribution in [0.25, 0.3) is 0 Å². The third-order valence-corrected chi connectivity index (χ3v) is 4.13. The first-order valence-corrected chi connectivity index (χ1v) is 9.46. The lowest BCUT2D eigenvalue weighted by Gasteiger charge is -2.14. The SMILES string of the molecule is CN=C(NCCc1ccc(OC(C)C)cc1)NCc1ccc(OC)c(OC)c1.I. The summed E-state index contributed by atoms with van der Waals surface area (Å²) in [5.74, 6) is 3.10. The molecule has 29 heavy (non-hydrogen) atoms. The van der Waals surface area contributed by atoms with Crippen LogP contribution >= 0.6 is 24.0 Å². The molecule has 0 fully saturated rings. The van der Waals surface area contributed by atoms with Crippen LogP contribution in [-0.2, 0) is 13.0 Å². The molecule has 0 bridgehead atoms. The van der Waals surface area contributed by atoms with Crippen molar-refractivity contribution in [2.75, 3.05) is 27.8 Å². The van der Waals surface area contributed by atoms with Crippen LogP contribution in [0.3, 0.4) is 0 Å². The number of benzene rings is 2. The standard InChI is InChI=1S/C22H31N3O3.HI/c1-16(2)28-19-9-6-17(7-10-19)12-13-24-22(23-3)25-15-18-8-11-20(26-4)21(14-18)27-5;/h6-11,14,16H,12-13,15H2,1-5H3,(H2,23,24,25);1H. The Morgan fingerprint density at radius 3 is 2.17 bits per heavy atom. The molecule has 0 aliphatic heterocycles. The average molecular weight is 513 g/mol. The van der Waals surface area contributed by atoms with Crippen LogP contribution in [0.15, 0.2) is 47.5 Å². The highest BCUT2D eigenvalue weighted by Crippen LogP contribution is 2.27. The van der Waals surface area contributed by atoms with Crippen molar-refractivity contribution in [3.05, 3.63) is 53.6 Å². The van der Waals surface area contributed by atoms with Crippen molar-refractivity contribution in [2.45, 2.75) is 32.9 Å². The first kappa shape index (κ1) is 24.9. The lowest BCUT2D eigenvalue weighted by atomic mass is 10.1. The largest absolute Gasteiger partial charge is 0.493 e. The van der Waals surface area contributed by atoms with Crippen LogP contribution in [0.5, 0.6) is 17.2 Å². The van der Waals surface area contributed by atoms with Gasteiger partial charge in [-0.25, -0.2) is 0 Å². The Labute approximate surface area is 191 Å². The summed E-state index contributed by atoms with van der Waals surface area (Å²) in [6.45, 7) is 5.48. The molecule has 0 heterocycles. The predicted molar refractivity (Wildman–Crippen MR) is 129 cm³/mol. The van der Waals surface area contributed by atoms with Gasteiger partial charge in [0.1, 0.15) is 5.75 Å². The third-order valence-electron chi connectivity index (χ3n) is 4.13. The highest BCUT2D eigenvalue weighted by atomic mass is 127. The molecule has 0 atom stereocenters. The Hall–Kier alpha value is -2.16. The third kappa shape index (κ3) is 8.39. The highest BCUT2D eigenvalue weighted by Gasteiger charge is 2.05. The maximum atomic E-state index is 5.67. The number of hydrogen-bond donors (Lipinski definition) is 2. The summed E-state index contributed by atoms with van der Waals surface area (Å²) in [5, 5.41) is 6.65. The van der Waals surface area contributed by atoms with Crippen LogP contribution in [0.1, 0.15) is 25.0 Å². The summed E-state index contributed by atoms with van der Waals surface area (Å²) in [5.41, 5.74) is 2.33. The number of hydrogen-bond acceptors (Lipinski definition) is 4. The fourth-order valence-corrected chi connectivity index (χ4v) is 2.73. The Balaban J connectivity index is 0.00000420. The van der Waals surface area contributed by atoms with Crippen LogP contribution < -0.4 is 24.8 Å². The summed E-state index contributed by atoms with van der Waals surface area (Å²) >= 11 is 0. The number of guanidine groups is 1. The van der Waals surface area contributed by atoms with E-state index < -0.39 is 0 Å². The van der Waals surface area contributed by atoms with Gasteiger partial charge < -0.3 is 24.8 Å². The summed E-state index contributed by atoms with van der Waals surface area (Å²) in [7, 11) is 5.03. The van der Waals surface area contributed by atoms with Gasteiger partial charge in [-0.1, -0.05) is 18.2 Å². The molecule has 2 N–H and O–H groups in total. The second-order valence-corrected chi connectivity index (χ2v) is 6.60. The second kappa shape index (κ2) is 13.1. The topological polar surface area (TPSA) is 64.1 Å². The second-order valence-electron chi connectivity index (χ2n) is 6.60. The van der Waals surface area contributed by atoms with E-state index >= 15 is 0 Å². The number of rotatable bonds is 9. The lowest BCUT2D eigenvalue weighted by molar-refractivity contribution is 0.242. The minimum Gasteiger partial charge on any atom is -0.493 e. The molecule has 0 radical (unpaired) electrons. The molecular formula is C22H32IN3O3. The molecule has 2 aromatic carbocycles. The zero-order chi connectivity index (χ0) is 20.4. The normalized spacial score (nSPS) is 10.9. The van der Waals surface area contributed by atoms with E-state index in [1.807, 2.05) is 44.2 Å². The molecule has 7 heteroatoms. The number of ether oxygens (including phenoxy) is 3. The molecule has 0 saturated carbocycles. The first-order chi connectivity index (χ1) is 13.5. The molecule has 0 amide bonds. The minimum absolute atomic E-state index is 0. The number of aliphatic imine (C=N–C) groups is 1. The van der Waals surface area contributed by atoms with E-state index in [1.54, 1.807) is 21.3 Å². The molecule has 6 nitrogen and oxygen atoms in total. The molecule has 0 aliphatic carbocycles. The highest BCUT2D eigenvalue weighted by molar-refractivity contribution is 14.0. The number of nitrogens with zero attached hydrogens (tertiary/aromatic N) is 1. The number of methoxy groups -OCH3 is 2. The molecule has 160 valence electrons. The fourth-order valence-electron chi connectivity index (χ4n) is 2.73. The van der Waals surface area contributed by atoms with E-state index in [-0.39, 0.29) is 30.1 Å². The van der Waals surface area contributed by atoms with Gasteiger partial charge in [0.2, 0.25) is 0 Å². The van der Waals surface area contributed by atoms with Gasteiger partial charge in [-0.3, -0.25) is 4.99 Å². The number of halogens is 1. The summed E-state index contributed by atoms with van der Waals surface area (Å²) in [6, 6.07) is 14.1. The maximum Gasteiger partial charge on any atom is 0.191 e. The summed E-state index contributed by atoms with van der Waals surface area (Å²) in [4.78, 5) is 4.28. The maximum absolute atomic E-state index is 5.67. The lowest BCUT2D eigenvalue weighted by Crippen LogP contribution is -2.37. The van der Waals surface area contributed by atoms with Gasteiger partial charge in [0.15, 0.2) is 17.5 Å². The molecule has 0 aromatic heterocycles. The Bertz CT molecular complexity index is 764. The minimum atomic E-state index is 0. The van der Waals surface area contributed by atoms with Gasteiger partial charge in [-0.2, -0.15) is 0 Å². The first-order valence-electron chi connectivity index (χ1n) is 9.46. The van der Waals surface area contributed by atoms with Crippen molar-refractivity contribution in [1.82, 2.24) is 10.6 Å². The summed E-state index contributed by atoms with van der Waals surface area (Å²) < 4.78 is 16.3. The van der Waals surface area contributed by atoms with Crippen molar-refractivity contribution in [1.29, 1.82) is 0 Å². The molecule has 0 spiro atoms. The molecule has 2 rings (SSSR count). The monoisotopic (exact) mass is 513 g/mol. The smallest absolute Gasteiger partial charge is 0.191 e. The van der Waals surface area contributed by atoms with E-state index in [9.17, 15) is 0 Å². The van der Waals surface area contributed by atoms with Crippen LogP contribution in [0, 0.1) is 0 Å². The Morgan fingerprint density at radius 2 is 1.59 bits per heavy atom. The van der Waals surface area contributed by atoms with Crippen molar-refractivity contribution < 1.29 is 14.2 Å². The van der Waals surface area contributed by atoms with Gasteiger partial charge in [0.05, 0.1) is 20.3 Å². The van der Waals surface area contributed by atoms with E-state index in [0.29, 0.717) is 6.54 Å². The van der Waals surface area contributed by atoms with Crippen LogP contribution in [0.2, 0.25) is 0 Å². The van der Waals surface area contributed by atoms with Gasteiger partial charge in [-0.15, -0.1) is 24.0 Å². The summed E-state index contributed by atoms with van der Waals surface area (Å²) in [6.07, 6.45) is 1.09. The van der Waals surface area contributed by atoms with E-state index in [2.05, 4.69) is 27.8 Å². The van der Waals surface area contributed by atoms with Crippen molar-refractivity contribution >= 4 is 29.9 Å². The van der Waals surface area contributed by atoms with Crippen LogP contribution in [0.4, 0.5) is 0 Å². The molecular weight excluding hydrogens is 481 g/mol. The predicted octanol–water partition coefficient (Wildman–Crippen LogP) is 4.02. The van der Waals surface area contributed by atoms with Crippen LogP contribution in [-0.4, -0.2) is 39.9 Å². The van der Waals surface area contributed by atoms with Gasteiger partial charge in [0.25, 0.3) is 0 Å². The average Bonchev–Trinajstić information content (AvgIpc) is 2.71. The van der Waals surface area contributed by atoms with Gasteiger partial charge in [-0.05, 0) is 55.7 Å². The molecule has 0 unspecified atom stereocenters. The van der Waals surface area contributed by atoms with E-state index in [1.165, 1.54) is 5.56 Å². The fraction of sp³-hybridized carbons (Fsp3) is 0.409. The van der Waals surface area contributed by atoms with Gasteiger partial charge >= 0.3 is 0 Å². The van der Waals surface area contributed by atoms with E-state index in [0.717, 1.165) is 41.7 Å². The van der Waals surface area contributed by atoms with E-state index in [4.69, 9.17) is 14.2 Å². The van der Waals surface area contributed by atoms with Crippen molar-refractivity contribution in [3.8, 4) is 17.2 Å². The van der Waals surface area contributed by atoms with Crippen molar-refractivity contribution in [3.63, 3.8) is 0 Å².